The fourth-order valence-corrected chi connectivity index (χ4v) is 2.09. The van der Waals surface area contributed by atoms with Crippen LogP contribution in [0.4, 0.5) is 0 Å². The maximum Gasteiger partial charge on any atom is 0.269 e. The zero-order valence-electron chi connectivity index (χ0n) is 14.0. The number of benzene rings is 2. The molecule has 3 N–H and O–H groups in total. The number of amides is 3. The molecule has 2 aromatic carbocycles. The van der Waals surface area contributed by atoms with E-state index in [-0.39, 0.29) is 0 Å². The van der Waals surface area contributed by atoms with Gasteiger partial charge in [-0.25, -0.2) is 0 Å². The third-order valence-electron chi connectivity index (χ3n) is 3.38. The topological polar surface area (TPSA) is 87.3 Å². The van der Waals surface area contributed by atoms with Crippen molar-refractivity contribution in [3.8, 4) is 0 Å². The molecule has 6 nitrogen and oxygen atoms in total. The molecule has 2 rings (SSSR count). The second kappa shape index (κ2) is 9.39. The van der Waals surface area contributed by atoms with Crippen molar-refractivity contribution < 1.29 is 14.4 Å². The minimum atomic E-state index is -0.826. The average Bonchev–Trinajstić information content (AvgIpc) is 2.65. The molecule has 134 valence electrons. The molecule has 0 aliphatic carbocycles. The van der Waals surface area contributed by atoms with Crippen molar-refractivity contribution in [1.29, 1.82) is 0 Å². The number of hydrogen-bond acceptors (Lipinski definition) is 3. The molecular formula is C19H18ClN3O3. The Kier molecular flexibility index (Phi) is 6.93. The van der Waals surface area contributed by atoms with Gasteiger partial charge in [0.1, 0.15) is 6.04 Å². The lowest BCUT2D eigenvalue weighted by Crippen LogP contribution is -2.50. The number of rotatable bonds is 5. The molecular weight excluding hydrogens is 354 g/mol. The summed E-state index contributed by atoms with van der Waals surface area (Å²) in [5.41, 5.74) is 5.76. The molecule has 0 unspecified atom stereocenters. The SMILES string of the molecule is C[C@H](NC(=O)/C=C/c1ccccc1)C(=O)NNC(=O)c1ccc(Cl)cc1. The van der Waals surface area contributed by atoms with E-state index in [9.17, 15) is 14.4 Å². The number of nitrogens with one attached hydrogen (secondary N) is 3. The maximum atomic E-state index is 12.0. The Morgan fingerprint density at radius 2 is 1.62 bits per heavy atom. The average molecular weight is 372 g/mol. The van der Waals surface area contributed by atoms with Crippen molar-refractivity contribution in [2.24, 2.45) is 0 Å². The van der Waals surface area contributed by atoms with Gasteiger partial charge in [-0.2, -0.15) is 0 Å². The number of halogens is 1. The van der Waals surface area contributed by atoms with Crippen LogP contribution in [0.25, 0.3) is 6.08 Å². The molecule has 0 heterocycles. The second-order valence-corrected chi connectivity index (χ2v) is 5.86. The smallest absolute Gasteiger partial charge is 0.269 e. The van der Waals surface area contributed by atoms with Crippen LogP contribution in [-0.4, -0.2) is 23.8 Å². The molecule has 0 saturated heterocycles. The summed E-state index contributed by atoms with van der Waals surface area (Å²) in [4.78, 5) is 35.7. The largest absolute Gasteiger partial charge is 0.341 e. The summed E-state index contributed by atoms with van der Waals surface area (Å²) >= 11 is 5.75. The quantitative estimate of drug-likeness (QED) is 0.556. The van der Waals surface area contributed by atoms with Crippen molar-refractivity contribution in [3.63, 3.8) is 0 Å². The lowest BCUT2D eigenvalue weighted by Gasteiger charge is -2.13. The van der Waals surface area contributed by atoms with E-state index in [1.165, 1.54) is 25.1 Å². The van der Waals surface area contributed by atoms with Gasteiger partial charge in [0.05, 0.1) is 0 Å². The van der Waals surface area contributed by atoms with Gasteiger partial charge in [-0.05, 0) is 42.8 Å². The summed E-state index contributed by atoms with van der Waals surface area (Å²) in [6, 6.07) is 14.7. The van der Waals surface area contributed by atoms with Crippen LogP contribution >= 0.6 is 11.6 Å². The van der Waals surface area contributed by atoms with Gasteiger partial charge in [-0.15, -0.1) is 0 Å². The van der Waals surface area contributed by atoms with E-state index in [1.54, 1.807) is 18.2 Å². The van der Waals surface area contributed by atoms with Gasteiger partial charge in [0.15, 0.2) is 0 Å². The molecule has 1 atom stereocenters. The summed E-state index contributed by atoms with van der Waals surface area (Å²) in [5.74, 6) is -1.45. The third kappa shape index (κ3) is 6.07. The van der Waals surface area contributed by atoms with Gasteiger partial charge in [0, 0.05) is 16.7 Å². The van der Waals surface area contributed by atoms with E-state index >= 15 is 0 Å². The van der Waals surface area contributed by atoms with Crippen molar-refractivity contribution in [2.75, 3.05) is 0 Å². The zero-order valence-corrected chi connectivity index (χ0v) is 14.8. The number of carbonyl (C=O) groups excluding carboxylic acids is 3. The van der Waals surface area contributed by atoms with E-state index in [2.05, 4.69) is 16.2 Å². The van der Waals surface area contributed by atoms with Crippen molar-refractivity contribution in [3.05, 3.63) is 76.8 Å². The highest BCUT2D eigenvalue weighted by molar-refractivity contribution is 6.30. The fraction of sp³-hybridized carbons (Fsp3) is 0.105. The van der Waals surface area contributed by atoms with E-state index in [0.29, 0.717) is 10.6 Å². The first kappa shape index (κ1) is 19.2. The highest BCUT2D eigenvalue weighted by atomic mass is 35.5. The third-order valence-corrected chi connectivity index (χ3v) is 3.64. The predicted molar refractivity (Wildman–Crippen MR) is 100 cm³/mol. The lowest BCUT2D eigenvalue weighted by atomic mass is 10.2. The maximum absolute atomic E-state index is 12.0. The van der Waals surface area contributed by atoms with Crippen LogP contribution < -0.4 is 16.2 Å². The molecule has 7 heteroatoms. The van der Waals surface area contributed by atoms with Gasteiger partial charge >= 0.3 is 0 Å². The van der Waals surface area contributed by atoms with Gasteiger partial charge < -0.3 is 5.32 Å². The van der Waals surface area contributed by atoms with Crippen LogP contribution in [0.15, 0.2) is 60.7 Å². The summed E-state index contributed by atoms with van der Waals surface area (Å²) in [6.07, 6.45) is 2.98. The zero-order chi connectivity index (χ0) is 18.9. The Morgan fingerprint density at radius 1 is 0.962 bits per heavy atom. The lowest BCUT2D eigenvalue weighted by molar-refractivity contribution is -0.127. The highest BCUT2D eigenvalue weighted by Gasteiger charge is 2.15. The summed E-state index contributed by atoms with van der Waals surface area (Å²) in [5, 5.41) is 3.02. The fourth-order valence-electron chi connectivity index (χ4n) is 1.96. The monoisotopic (exact) mass is 371 g/mol. The minimum Gasteiger partial charge on any atom is -0.341 e. The highest BCUT2D eigenvalue weighted by Crippen LogP contribution is 2.09. The summed E-state index contributed by atoms with van der Waals surface area (Å²) in [6.45, 7) is 1.51. The Labute approximate surface area is 156 Å². The van der Waals surface area contributed by atoms with Crippen LogP contribution in [0, 0.1) is 0 Å². The van der Waals surface area contributed by atoms with E-state index < -0.39 is 23.8 Å². The molecule has 26 heavy (non-hydrogen) atoms. The van der Waals surface area contributed by atoms with Crippen LogP contribution in [0.2, 0.25) is 5.02 Å². The molecule has 0 aliphatic heterocycles. The van der Waals surface area contributed by atoms with Crippen LogP contribution in [0.3, 0.4) is 0 Å². The molecule has 3 amide bonds. The Hall–Kier alpha value is -3.12. The Morgan fingerprint density at radius 3 is 2.27 bits per heavy atom. The molecule has 0 aromatic heterocycles. The first-order chi connectivity index (χ1) is 12.5. The van der Waals surface area contributed by atoms with Crippen LogP contribution in [0.1, 0.15) is 22.8 Å². The number of hydrogen-bond donors (Lipinski definition) is 3. The van der Waals surface area contributed by atoms with Crippen LogP contribution in [-0.2, 0) is 9.59 Å². The van der Waals surface area contributed by atoms with Crippen LogP contribution in [0.5, 0.6) is 0 Å². The summed E-state index contributed by atoms with van der Waals surface area (Å²) < 4.78 is 0. The molecule has 0 spiro atoms. The molecule has 0 fully saturated rings. The molecule has 0 saturated carbocycles. The Balaban J connectivity index is 1.79. The standard InChI is InChI=1S/C19H18ClN3O3/c1-13(21-17(24)12-7-14-5-3-2-4-6-14)18(25)22-23-19(26)15-8-10-16(20)11-9-15/h2-13H,1H3,(H,21,24)(H,22,25)(H,23,26)/b12-7+/t13-/m0/s1. The Bertz CT molecular complexity index is 805. The second-order valence-electron chi connectivity index (χ2n) is 5.42. The molecule has 0 aliphatic rings. The van der Waals surface area contributed by atoms with Crippen molar-refractivity contribution >= 4 is 35.4 Å². The van der Waals surface area contributed by atoms with Gasteiger partial charge in [0.2, 0.25) is 5.91 Å². The molecule has 2 aromatic rings. The molecule has 0 radical (unpaired) electrons. The number of carbonyl (C=O) groups is 3. The first-order valence-electron chi connectivity index (χ1n) is 7.85. The van der Waals surface area contributed by atoms with E-state index in [1.807, 2.05) is 30.3 Å². The van der Waals surface area contributed by atoms with Gasteiger partial charge in [-0.1, -0.05) is 41.9 Å². The van der Waals surface area contributed by atoms with Crippen molar-refractivity contribution in [1.82, 2.24) is 16.2 Å². The van der Waals surface area contributed by atoms with Crippen molar-refractivity contribution in [2.45, 2.75) is 13.0 Å². The van der Waals surface area contributed by atoms with Gasteiger partial charge in [0.25, 0.3) is 11.8 Å². The van der Waals surface area contributed by atoms with E-state index in [4.69, 9.17) is 11.6 Å². The molecule has 0 bridgehead atoms. The summed E-state index contributed by atoms with van der Waals surface area (Å²) in [7, 11) is 0. The normalized spacial score (nSPS) is 11.6. The van der Waals surface area contributed by atoms with E-state index in [0.717, 1.165) is 5.56 Å². The first-order valence-corrected chi connectivity index (χ1v) is 8.23. The number of hydrazine groups is 1. The van der Waals surface area contributed by atoms with Gasteiger partial charge in [-0.3, -0.25) is 25.2 Å². The predicted octanol–water partition coefficient (Wildman–Crippen LogP) is 2.32. The minimum absolute atomic E-state index is 0.345.